The van der Waals surface area contributed by atoms with Crippen molar-refractivity contribution in [3.8, 4) is 43.5 Å². The van der Waals surface area contributed by atoms with Crippen molar-refractivity contribution in [1.29, 1.82) is 0 Å². The number of fused-ring (bicyclic) bond motifs is 5. The zero-order valence-corrected chi connectivity index (χ0v) is 26.1. The summed E-state index contributed by atoms with van der Waals surface area (Å²) < 4.78 is 15.4. The molecule has 0 N–H and O–H groups in total. The van der Waals surface area contributed by atoms with E-state index >= 15 is 0 Å². The van der Waals surface area contributed by atoms with Crippen LogP contribution in [0.15, 0.2) is 154 Å². The van der Waals surface area contributed by atoms with Gasteiger partial charge in [0.1, 0.15) is 22.7 Å². The summed E-state index contributed by atoms with van der Waals surface area (Å²) >= 11 is 3.55. The van der Waals surface area contributed by atoms with E-state index in [1.165, 1.54) is 42.4 Å². The first-order valence-electron chi connectivity index (χ1n) is 15.3. The molecule has 10 aromatic rings. The van der Waals surface area contributed by atoms with Crippen molar-refractivity contribution in [2.45, 2.75) is 0 Å². The number of furan rings is 2. The predicted molar refractivity (Wildman–Crippen MR) is 196 cm³/mol. The highest BCUT2D eigenvalue weighted by Gasteiger charge is 2.15. The SMILES string of the molecule is c1ccc(-c2ccc3cc(-c4cc5cc6cc7oc(-c8cc9ccc(-c%10ccccc%10)cc9s8)cc7cc6cc5o4)sc3c2)cc1. The Morgan fingerprint density at radius 2 is 0.783 bits per heavy atom. The Hall–Kier alpha value is -5.42. The molecule has 0 unspecified atom stereocenters. The number of thiophene rings is 2. The second-order valence-corrected chi connectivity index (χ2v) is 14.0. The van der Waals surface area contributed by atoms with Crippen LogP contribution in [0.2, 0.25) is 0 Å². The van der Waals surface area contributed by atoms with Crippen molar-refractivity contribution >= 4 is 75.6 Å². The average molecular weight is 625 g/mol. The summed E-state index contributed by atoms with van der Waals surface area (Å²) in [4.78, 5) is 2.27. The summed E-state index contributed by atoms with van der Waals surface area (Å²) in [5, 5.41) is 6.93. The molecule has 0 fully saturated rings. The number of rotatable bonds is 4. The summed E-state index contributed by atoms with van der Waals surface area (Å²) in [6.07, 6.45) is 0. The van der Waals surface area contributed by atoms with E-state index in [0.29, 0.717) is 0 Å². The fourth-order valence-corrected chi connectivity index (χ4v) is 8.60. The molecule has 0 aliphatic carbocycles. The molecular weight excluding hydrogens is 601 g/mol. The Bertz CT molecular complexity index is 2480. The predicted octanol–water partition coefficient (Wildman–Crippen LogP) is 13.4. The van der Waals surface area contributed by atoms with Crippen LogP contribution in [0.5, 0.6) is 0 Å². The third-order valence-electron chi connectivity index (χ3n) is 8.85. The van der Waals surface area contributed by atoms with Crippen LogP contribution in [-0.4, -0.2) is 0 Å². The van der Waals surface area contributed by atoms with Crippen LogP contribution < -0.4 is 0 Å². The highest BCUT2D eigenvalue weighted by molar-refractivity contribution is 7.22. The van der Waals surface area contributed by atoms with Gasteiger partial charge >= 0.3 is 0 Å². The normalized spacial score (nSPS) is 11.9. The topological polar surface area (TPSA) is 26.3 Å². The quantitative estimate of drug-likeness (QED) is 0.195. The Labute approximate surface area is 272 Å². The van der Waals surface area contributed by atoms with Gasteiger partial charge < -0.3 is 8.83 Å². The average Bonchev–Trinajstić information content (AvgIpc) is 3.90. The summed E-state index contributed by atoms with van der Waals surface area (Å²) in [5.41, 5.74) is 6.71. The lowest BCUT2D eigenvalue weighted by Crippen LogP contribution is -1.75. The minimum atomic E-state index is 0.895. The van der Waals surface area contributed by atoms with Gasteiger partial charge in [0.2, 0.25) is 0 Å². The summed E-state index contributed by atoms with van der Waals surface area (Å²) in [5.74, 6) is 1.80. The van der Waals surface area contributed by atoms with Gasteiger partial charge in [-0.3, -0.25) is 0 Å². The standard InChI is InChI=1S/C42H24O2S2/c1-3-7-25(8-4-1)27-11-13-29-23-41(45-39(29)21-27)37-19-33-15-31-18-36-34(16-32(31)17-35(33)43-37)20-38(44-36)42-24-30-14-12-28(22-40(30)46-42)26-9-5-2-6-10-26/h1-24H. The molecule has 0 aliphatic rings. The first-order valence-corrected chi connectivity index (χ1v) is 16.9. The molecule has 6 aromatic carbocycles. The van der Waals surface area contributed by atoms with Crippen molar-refractivity contribution < 1.29 is 8.83 Å². The Morgan fingerprint density at radius 1 is 0.326 bits per heavy atom. The highest BCUT2D eigenvalue weighted by Crippen LogP contribution is 2.41. The molecule has 0 atom stereocenters. The number of hydrogen-bond donors (Lipinski definition) is 0. The van der Waals surface area contributed by atoms with E-state index in [4.69, 9.17) is 8.83 Å². The molecule has 0 radical (unpaired) electrons. The fraction of sp³-hybridized carbons (Fsp3) is 0. The van der Waals surface area contributed by atoms with Crippen molar-refractivity contribution in [3.05, 3.63) is 146 Å². The maximum Gasteiger partial charge on any atom is 0.145 e. The van der Waals surface area contributed by atoms with E-state index < -0.39 is 0 Å². The van der Waals surface area contributed by atoms with Gasteiger partial charge in [0.15, 0.2) is 0 Å². The van der Waals surface area contributed by atoms with Gasteiger partial charge in [-0.1, -0.05) is 84.9 Å². The minimum Gasteiger partial charge on any atom is -0.455 e. The molecule has 0 saturated heterocycles. The second kappa shape index (κ2) is 10.0. The molecule has 0 aliphatic heterocycles. The van der Waals surface area contributed by atoms with E-state index in [9.17, 15) is 0 Å². The van der Waals surface area contributed by atoms with E-state index in [2.05, 4.69) is 146 Å². The van der Waals surface area contributed by atoms with Gasteiger partial charge in [-0.2, -0.15) is 0 Å². The molecule has 4 heterocycles. The minimum absolute atomic E-state index is 0.895. The maximum atomic E-state index is 6.46. The van der Waals surface area contributed by atoms with Crippen LogP contribution in [0.4, 0.5) is 0 Å². The Kier molecular flexibility index (Phi) is 5.65. The summed E-state index contributed by atoms with van der Waals surface area (Å²) in [7, 11) is 0. The molecule has 0 amide bonds. The smallest absolute Gasteiger partial charge is 0.145 e. The second-order valence-electron chi connectivity index (χ2n) is 11.8. The maximum absolute atomic E-state index is 6.46. The van der Waals surface area contributed by atoms with Crippen molar-refractivity contribution in [2.24, 2.45) is 0 Å². The number of benzene rings is 6. The zero-order chi connectivity index (χ0) is 30.2. The molecule has 10 rings (SSSR count). The van der Waals surface area contributed by atoms with Crippen LogP contribution >= 0.6 is 22.7 Å². The molecule has 4 heteroatoms. The third-order valence-corrected chi connectivity index (χ3v) is 11.1. The van der Waals surface area contributed by atoms with E-state index in [-0.39, 0.29) is 0 Å². The molecule has 0 spiro atoms. The van der Waals surface area contributed by atoms with Crippen molar-refractivity contribution in [2.75, 3.05) is 0 Å². The Morgan fingerprint density at radius 3 is 1.24 bits per heavy atom. The first kappa shape index (κ1) is 25.9. The number of hydrogen-bond acceptors (Lipinski definition) is 4. The summed E-state index contributed by atoms with van der Waals surface area (Å²) in [6.45, 7) is 0. The monoisotopic (exact) mass is 624 g/mol. The van der Waals surface area contributed by atoms with Crippen LogP contribution in [0, 0.1) is 0 Å². The fourth-order valence-electron chi connectivity index (χ4n) is 6.49. The third kappa shape index (κ3) is 4.30. The molecule has 216 valence electrons. The molecule has 2 nitrogen and oxygen atoms in total. The van der Waals surface area contributed by atoms with Gasteiger partial charge in [0, 0.05) is 20.2 Å². The first-order chi connectivity index (χ1) is 22.7. The van der Waals surface area contributed by atoms with Gasteiger partial charge in [0.25, 0.3) is 0 Å². The zero-order valence-electron chi connectivity index (χ0n) is 24.5. The van der Waals surface area contributed by atoms with Crippen molar-refractivity contribution in [3.63, 3.8) is 0 Å². The molecule has 4 aromatic heterocycles. The lowest BCUT2D eigenvalue weighted by molar-refractivity contribution is 0.633. The van der Waals surface area contributed by atoms with Gasteiger partial charge in [-0.15, -0.1) is 22.7 Å². The van der Waals surface area contributed by atoms with Gasteiger partial charge in [0.05, 0.1) is 9.75 Å². The van der Waals surface area contributed by atoms with Crippen LogP contribution in [0.3, 0.4) is 0 Å². The van der Waals surface area contributed by atoms with Crippen LogP contribution in [-0.2, 0) is 0 Å². The van der Waals surface area contributed by atoms with Gasteiger partial charge in [-0.25, -0.2) is 0 Å². The molecule has 0 saturated carbocycles. The largest absolute Gasteiger partial charge is 0.455 e. The van der Waals surface area contributed by atoms with E-state index in [0.717, 1.165) is 54.0 Å². The van der Waals surface area contributed by atoms with Crippen LogP contribution in [0.1, 0.15) is 0 Å². The molecule has 0 bridgehead atoms. The molecular formula is C42H24O2S2. The summed E-state index contributed by atoms with van der Waals surface area (Å²) in [6, 6.07) is 52.0. The Balaban J connectivity index is 0.996. The molecule has 46 heavy (non-hydrogen) atoms. The highest BCUT2D eigenvalue weighted by atomic mass is 32.1. The van der Waals surface area contributed by atoms with E-state index in [1.807, 2.05) is 0 Å². The van der Waals surface area contributed by atoms with Crippen LogP contribution in [0.25, 0.3) is 96.4 Å². The van der Waals surface area contributed by atoms with Crippen molar-refractivity contribution in [1.82, 2.24) is 0 Å². The lowest BCUT2D eigenvalue weighted by atomic mass is 10.0. The lowest BCUT2D eigenvalue weighted by Gasteiger charge is -2.00. The van der Waals surface area contributed by atoms with Gasteiger partial charge in [-0.05, 0) is 104 Å². The van der Waals surface area contributed by atoms with E-state index in [1.54, 1.807) is 22.7 Å².